The number of benzene rings is 2. The molecule has 0 bridgehead atoms. The van der Waals surface area contributed by atoms with Crippen molar-refractivity contribution in [2.75, 3.05) is 79.9 Å². The highest BCUT2D eigenvalue weighted by Gasteiger charge is 2.23. The van der Waals surface area contributed by atoms with E-state index in [0.29, 0.717) is 59.2 Å². The molecule has 3 N–H and O–H groups in total. The maximum absolute atomic E-state index is 12.1. The fourth-order valence-corrected chi connectivity index (χ4v) is 6.32. The number of rotatable bonds is 11. The number of nitrogens with one attached hydrogen (secondary N) is 1. The van der Waals surface area contributed by atoms with Crippen molar-refractivity contribution in [3.05, 3.63) is 56.5 Å². The van der Waals surface area contributed by atoms with Crippen LogP contribution < -0.4 is 20.5 Å². The Kier molecular flexibility index (Phi) is 19.3. The van der Waals surface area contributed by atoms with Crippen LogP contribution in [0.4, 0.5) is 9.59 Å². The summed E-state index contributed by atoms with van der Waals surface area (Å²) in [6.45, 7) is 15.4. The number of carbonyl (C=O) groups is 2. The number of hydrogen-bond acceptors (Lipinski definition) is 7. The van der Waals surface area contributed by atoms with Gasteiger partial charge in [-0.3, -0.25) is 4.79 Å². The molecular formula is C36H55Br2ClN4O6. The van der Waals surface area contributed by atoms with Gasteiger partial charge in [0.05, 0.1) is 49.6 Å². The zero-order valence-corrected chi connectivity index (χ0v) is 33.8. The predicted octanol–water partition coefficient (Wildman–Crippen LogP) is 7.71. The van der Waals surface area contributed by atoms with Crippen LogP contribution in [0.5, 0.6) is 11.5 Å². The highest BCUT2D eigenvalue weighted by Crippen LogP contribution is 2.35. The van der Waals surface area contributed by atoms with Crippen molar-refractivity contribution in [1.82, 2.24) is 15.1 Å². The first-order valence-electron chi connectivity index (χ1n) is 16.8. The Morgan fingerprint density at radius 3 is 1.61 bits per heavy atom. The van der Waals surface area contributed by atoms with E-state index in [1.54, 1.807) is 19.1 Å². The summed E-state index contributed by atoms with van der Waals surface area (Å²) in [7, 11) is 3.37. The lowest BCUT2D eigenvalue weighted by atomic mass is 9.80. The molecule has 0 radical (unpaired) electrons. The summed E-state index contributed by atoms with van der Waals surface area (Å²) in [5, 5.41) is 2.63. The number of nitrogens with zero attached hydrogens (tertiary/aromatic N) is 2. The van der Waals surface area contributed by atoms with Crippen LogP contribution in [0.2, 0.25) is 0 Å². The van der Waals surface area contributed by atoms with Crippen molar-refractivity contribution in [3.8, 4) is 11.5 Å². The van der Waals surface area contributed by atoms with Crippen molar-refractivity contribution in [2.45, 2.75) is 64.2 Å². The number of morpholine rings is 2. The van der Waals surface area contributed by atoms with Crippen molar-refractivity contribution < 1.29 is 28.5 Å². The van der Waals surface area contributed by atoms with E-state index in [-0.39, 0.29) is 22.2 Å². The average Bonchev–Trinajstić information content (AvgIpc) is 3.10. The van der Waals surface area contributed by atoms with Gasteiger partial charge in [-0.15, -0.1) is 0 Å². The first-order valence-corrected chi connectivity index (χ1v) is 18.7. The molecule has 49 heavy (non-hydrogen) atoms. The zero-order chi connectivity index (χ0) is 36.5. The fourth-order valence-electron chi connectivity index (χ4n) is 5.34. The van der Waals surface area contributed by atoms with Crippen LogP contribution in [0.15, 0.2) is 45.3 Å². The lowest BCUT2D eigenvalue weighted by Crippen LogP contribution is -2.46. The molecule has 0 spiro atoms. The van der Waals surface area contributed by atoms with Gasteiger partial charge in [0.25, 0.3) is 0 Å². The minimum absolute atomic E-state index is 0.0152. The summed E-state index contributed by atoms with van der Waals surface area (Å²) in [5.74, 6) is 1.74. The molecule has 2 aliphatic rings. The highest BCUT2D eigenvalue weighted by atomic mass is 79.9. The number of amides is 3. The number of halogens is 3. The molecule has 10 nitrogen and oxygen atoms in total. The van der Waals surface area contributed by atoms with Gasteiger partial charge in [0.15, 0.2) is 0 Å². The van der Waals surface area contributed by atoms with Crippen LogP contribution >= 0.6 is 43.5 Å². The molecule has 0 aromatic heterocycles. The molecule has 0 atom stereocenters. The number of hydrogen-bond donors (Lipinski definition) is 2. The normalized spacial score (nSPS) is 14.9. The van der Waals surface area contributed by atoms with Crippen molar-refractivity contribution >= 4 is 54.9 Å². The topological polar surface area (TPSA) is 116 Å². The van der Waals surface area contributed by atoms with Gasteiger partial charge in [-0.1, -0.05) is 39.8 Å². The van der Waals surface area contributed by atoms with E-state index in [4.69, 9.17) is 36.3 Å². The maximum Gasteiger partial charge on any atom is 0.317 e. The van der Waals surface area contributed by atoms with E-state index in [1.165, 1.54) is 11.1 Å². The monoisotopic (exact) mass is 832 g/mol. The standard InChI is InChI=1S/C18H27BrN2O3.C13H20BrNO.C5H8ClNO2/c1-18(2,14-5-6-15(19)16(13-14)23-3)7-4-8-20-17(22)21-9-11-24-12-10-21;1-13(2,7-4-8-15)10-5-6-11(14)12(9-10)16-3;6-5(8)7-1-3-9-4-2-7/h5-6,13H,4,7-12H2,1-3H3,(H,20,22);5-6,9H,4,7-8,15H2,1-3H3;1-4H2. The molecule has 2 aromatic carbocycles. The SMILES string of the molecule is COc1cc(C(C)(C)CCCN)ccc1Br.COc1cc(C(C)(C)CCCNC(=O)N2CCOCC2)ccc1Br.O=C(Cl)N1CCOCC1. The third-order valence-corrected chi connectivity index (χ3v) is 10.2. The highest BCUT2D eigenvalue weighted by molar-refractivity contribution is 9.10. The third-order valence-electron chi connectivity index (χ3n) is 8.68. The predicted molar refractivity (Wildman–Crippen MR) is 204 cm³/mol. The molecule has 0 saturated carbocycles. The van der Waals surface area contributed by atoms with E-state index in [1.807, 2.05) is 17.0 Å². The van der Waals surface area contributed by atoms with Gasteiger partial charge in [0, 0.05) is 32.7 Å². The zero-order valence-electron chi connectivity index (χ0n) is 29.9. The number of ether oxygens (including phenoxy) is 4. The summed E-state index contributed by atoms with van der Waals surface area (Å²) in [6.07, 6.45) is 4.06. The third kappa shape index (κ3) is 15.0. The maximum atomic E-state index is 12.1. The molecule has 2 aliphatic heterocycles. The molecule has 3 amide bonds. The van der Waals surface area contributed by atoms with Crippen molar-refractivity contribution in [2.24, 2.45) is 5.73 Å². The van der Waals surface area contributed by atoms with Gasteiger partial charge in [-0.2, -0.15) is 0 Å². The molecule has 2 aromatic rings. The first-order chi connectivity index (χ1) is 23.2. The number of urea groups is 1. The summed E-state index contributed by atoms with van der Waals surface area (Å²) >= 11 is 12.1. The second kappa shape index (κ2) is 22.0. The van der Waals surface area contributed by atoms with E-state index < -0.39 is 0 Å². The fraction of sp³-hybridized carbons (Fsp3) is 0.611. The van der Waals surface area contributed by atoms with E-state index in [0.717, 1.165) is 52.7 Å². The number of nitrogens with two attached hydrogens (primary N) is 1. The molecule has 13 heteroatoms. The Labute approximate surface area is 314 Å². The lowest BCUT2D eigenvalue weighted by molar-refractivity contribution is 0.0532. The second-order valence-corrected chi connectivity index (χ2v) is 15.2. The molecule has 276 valence electrons. The van der Waals surface area contributed by atoms with Crippen LogP contribution in [0.3, 0.4) is 0 Å². The van der Waals surface area contributed by atoms with Gasteiger partial charge in [-0.05, 0) is 122 Å². The summed E-state index contributed by atoms with van der Waals surface area (Å²) in [5.41, 5.74) is 8.26. The number of carbonyl (C=O) groups excluding carboxylic acids is 2. The molecule has 2 heterocycles. The van der Waals surface area contributed by atoms with Gasteiger partial charge in [-0.25, -0.2) is 4.79 Å². The Morgan fingerprint density at radius 1 is 0.796 bits per heavy atom. The van der Waals surface area contributed by atoms with Crippen LogP contribution in [-0.4, -0.2) is 101 Å². The van der Waals surface area contributed by atoms with E-state index >= 15 is 0 Å². The van der Waals surface area contributed by atoms with Crippen molar-refractivity contribution in [3.63, 3.8) is 0 Å². The lowest BCUT2D eigenvalue weighted by Gasteiger charge is -2.28. The average molecular weight is 835 g/mol. The van der Waals surface area contributed by atoms with Crippen LogP contribution in [-0.2, 0) is 20.3 Å². The van der Waals surface area contributed by atoms with Gasteiger partial charge >= 0.3 is 11.4 Å². The Bertz CT molecular complexity index is 1300. The molecule has 2 fully saturated rings. The Morgan fingerprint density at radius 2 is 1.22 bits per heavy atom. The molecule has 0 unspecified atom stereocenters. The largest absolute Gasteiger partial charge is 0.496 e. The van der Waals surface area contributed by atoms with Crippen LogP contribution in [0.25, 0.3) is 0 Å². The minimum Gasteiger partial charge on any atom is -0.496 e. The summed E-state index contributed by atoms with van der Waals surface area (Å²) < 4.78 is 22.9. The molecule has 2 saturated heterocycles. The number of methoxy groups -OCH3 is 2. The smallest absolute Gasteiger partial charge is 0.317 e. The van der Waals surface area contributed by atoms with Gasteiger partial charge in [0.2, 0.25) is 0 Å². The van der Waals surface area contributed by atoms with Gasteiger partial charge in [0.1, 0.15) is 11.5 Å². The van der Waals surface area contributed by atoms with Crippen LogP contribution in [0.1, 0.15) is 64.5 Å². The summed E-state index contributed by atoms with van der Waals surface area (Å²) in [6, 6.07) is 12.5. The summed E-state index contributed by atoms with van der Waals surface area (Å²) in [4.78, 5) is 25.9. The van der Waals surface area contributed by atoms with Crippen molar-refractivity contribution in [1.29, 1.82) is 0 Å². The molecular weight excluding hydrogens is 780 g/mol. The van der Waals surface area contributed by atoms with E-state index in [2.05, 4.69) is 89.1 Å². The second-order valence-electron chi connectivity index (χ2n) is 13.1. The minimum atomic E-state index is -0.377. The molecule has 4 rings (SSSR count). The van der Waals surface area contributed by atoms with Crippen LogP contribution in [0, 0.1) is 0 Å². The molecule has 0 aliphatic carbocycles. The van der Waals surface area contributed by atoms with E-state index in [9.17, 15) is 9.59 Å². The Hall–Kier alpha value is -2.09. The Balaban J connectivity index is 0.000000285. The first kappa shape index (κ1) is 43.1. The quantitative estimate of drug-likeness (QED) is 0.136. The van der Waals surface area contributed by atoms with Gasteiger partial charge < -0.3 is 39.8 Å².